The number of Topliss-reactive ketones (excluding diaryl/α,β-unsaturated/α-hetero) is 4. The first-order valence-electron chi connectivity index (χ1n) is 7.07. The molecule has 0 amide bonds. The molecule has 0 saturated heterocycles. The van der Waals surface area contributed by atoms with Crippen molar-refractivity contribution < 1.29 is 36.7 Å². The quantitative estimate of drug-likeness (QED) is 0.358. The highest BCUT2D eigenvalue weighted by Gasteiger charge is 2.50. The van der Waals surface area contributed by atoms with Gasteiger partial charge in [-0.25, -0.2) is 0 Å². The highest BCUT2D eigenvalue weighted by molar-refractivity contribution is 7.12. The van der Waals surface area contributed by atoms with Crippen molar-refractivity contribution in [1.82, 2.24) is 0 Å². The minimum atomic E-state index is -4.43. The highest BCUT2D eigenvalue weighted by atomic mass is 32.1. The van der Waals surface area contributed by atoms with Crippen molar-refractivity contribution in [3.05, 3.63) is 44.8 Å². The Kier molecular flexibility index (Phi) is 5.87. The standard InChI is InChI=1S/C16H10F4O4S2/c17-15(18,13(23)9-3-1-7-25-9)11(21)5-6-12(22)16(19,20)14(24)10-4-2-8-26-10/h1-4,7-8H,5-6H2. The van der Waals surface area contributed by atoms with Gasteiger partial charge < -0.3 is 0 Å². The van der Waals surface area contributed by atoms with Gasteiger partial charge in [-0.15, -0.1) is 22.7 Å². The van der Waals surface area contributed by atoms with Gasteiger partial charge in [-0.3, -0.25) is 19.2 Å². The minimum absolute atomic E-state index is 0.368. The molecular formula is C16H10F4O4S2. The Morgan fingerprint density at radius 1 is 0.731 bits per heavy atom. The molecule has 0 saturated carbocycles. The van der Waals surface area contributed by atoms with Gasteiger partial charge >= 0.3 is 11.8 Å². The van der Waals surface area contributed by atoms with E-state index in [1.165, 1.54) is 22.9 Å². The molecule has 0 atom stereocenters. The maximum Gasteiger partial charge on any atom is 0.367 e. The molecule has 0 bridgehead atoms. The fourth-order valence-electron chi connectivity index (χ4n) is 1.92. The third-order valence-corrected chi connectivity index (χ3v) is 5.08. The number of alkyl halides is 4. The molecule has 0 aliphatic carbocycles. The Morgan fingerprint density at radius 3 is 1.35 bits per heavy atom. The highest BCUT2D eigenvalue weighted by Crippen LogP contribution is 2.29. The third kappa shape index (κ3) is 3.96. The molecule has 2 rings (SSSR count). The summed E-state index contributed by atoms with van der Waals surface area (Å²) in [6.07, 6.45) is -2.56. The first kappa shape index (κ1) is 20.1. The van der Waals surface area contributed by atoms with E-state index in [1.807, 2.05) is 0 Å². The van der Waals surface area contributed by atoms with Gasteiger partial charge in [0.15, 0.2) is 0 Å². The number of halogens is 4. The second kappa shape index (κ2) is 7.58. The topological polar surface area (TPSA) is 68.3 Å². The molecule has 2 heterocycles. The van der Waals surface area contributed by atoms with E-state index >= 15 is 0 Å². The smallest absolute Gasteiger partial charge is 0.292 e. The van der Waals surface area contributed by atoms with Crippen molar-refractivity contribution in [2.45, 2.75) is 24.7 Å². The third-order valence-electron chi connectivity index (χ3n) is 3.34. The van der Waals surface area contributed by atoms with Gasteiger partial charge in [-0.1, -0.05) is 12.1 Å². The molecule has 0 aliphatic heterocycles. The molecular weight excluding hydrogens is 396 g/mol. The Hall–Kier alpha value is -2.20. The number of rotatable bonds is 9. The van der Waals surface area contributed by atoms with E-state index in [1.54, 1.807) is 0 Å². The summed E-state index contributed by atoms with van der Waals surface area (Å²) in [4.78, 5) is 45.7. The SMILES string of the molecule is O=C(CCC(=O)C(F)(F)C(=O)c1cccs1)C(F)(F)C(=O)c1cccs1. The predicted molar refractivity (Wildman–Crippen MR) is 86.4 cm³/mol. The molecule has 0 aromatic carbocycles. The van der Waals surface area contributed by atoms with Crippen LogP contribution in [0.1, 0.15) is 32.2 Å². The van der Waals surface area contributed by atoms with Gasteiger partial charge in [-0.2, -0.15) is 17.6 Å². The molecule has 0 N–H and O–H groups in total. The zero-order chi connectivity index (χ0) is 19.5. The monoisotopic (exact) mass is 406 g/mol. The molecule has 4 nitrogen and oxygen atoms in total. The van der Waals surface area contributed by atoms with Gasteiger partial charge in [0, 0.05) is 12.8 Å². The van der Waals surface area contributed by atoms with Crippen LogP contribution in [0.5, 0.6) is 0 Å². The van der Waals surface area contributed by atoms with Crippen LogP contribution in [-0.2, 0) is 9.59 Å². The lowest BCUT2D eigenvalue weighted by atomic mass is 9.99. The molecule has 138 valence electrons. The van der Waals surface area contributed by atoms with Crippen LogP contribution in [0.4, 0.5) is 17.6 Å². The number of thiophene rings is 2. The van der Waals surface area contributed by atoms with Crippen molar-refractivity contribution in [3.63, 3.8) is 0 Å². The van der Waals surface area contributed by atoms with Crippen molar-refractivity contribution >= 4 is 45.8 Å². The molecule has 2 aromatic heterocycles. The number of carbonyl (C=O) groups is 4. The van der Waals surface area contributed by atoms with Gasteiger partial charge in [0.1, 0.15) is 0 Å². The average molecular weight is 406 g/mol. The van der Waals surface area contributed by atoms with Gasteiger partial charge in [-0.05, 0) is 22.9 Å². The van der Waals surface area contributed by atoms with Crippen LogP contribution in [0.25, 0.3) is 0 Å². The maximum atomic E-state index is 13.8. The molecule has 0 spiro atoms. The van der Waals surface area contributed by atoms with Crippen molar-refractivity contribution in [1.29, 1.82) is 0 Å². The Balaban J connectivity index is 2.02. The Bertz CT molecular complexity index is 756. The largest absolute Gasteiger partial charge is 0.367 e. The summed E-state index contributed by atoms with van der Waals surface area (Å²) >= 11 is 1.39. The molecule has 0 radical (unpaired) electrons. The van der Waals surface area contributed by atoms with Crippen LogP contribution < -0.4 is 0 Å². The minimum Gasteiger partial charge on any atom is -0.292 e. The van der Waals surface area contributed by atoms with E-state index in [0.717, 1.165) is 12.1 Å². The van der Waals surface area contributed by atoms with Gasteiger partial charge in [0.25, 0.3) is 0 Å². The van der Waals surface area contributed by atoms with Crippen molar-refractivity contribution in [3.8, 4) is 0 Å². The van der Waals surface area contributed by atoms with Crippen LogP contribution in [0.15, 0.2) is 35.0 Å². The first-order valence-corrected chi connectivity index (χ1v) is 8.83. The lowest BCUT2D eigenvalue weighted by molar-refractivity contribution is -0.142. The molecule has 0 unspecified atom stereocenters. The summed E-state index contributed by atoms with van der Waals surface area (Å²) in [6, 6.07) is 4.85. The summed E-state index contributed by atoms with van der Waals surface area (Å²) in [6.45, 7) is 0. The van der Waals surface area contributed by atoms with E-state index in [4.69, 9.17) is 0 Å². The van der Waals surface area contributed by atoms with Crippen LogP contribution in [0, 0.1) is 0 Å². The summed E-state index contributed by atoms with van der Waals surface area (Å²) in [5.41, 5.74) is 0. The lowest BCUT2D eigenvalue weighted by Crippen LogP contribution is -2.40. The summed E-state index contributed by atoms with van der Waals surface area (Å²) in [5, 5.41) is 2.71. The second-order valence-corrected chi connectivity index (χ2v) is 7.00. The average Bonchev–Trinajstić information content (AvgIpc) is 3.30. The maximum absolute atomic E-state index is 13.8. The molecule has 2 aromatic rings. The number of hydrogen-bond donors (Lipinski definition) is 0. The fraction of sp³-hybridized carbons (Fsp3) is 0.250. The number of hydrogen-bond acceptors (Lipinski definition) is 6. The number of ketones is 4. The van der Waals surface area contributed by atoms with Crippen molar-refractivity contribution in [2.24, 2.45) is 0 Å². The fourth-order valence-corrected chi connectivity index (χ4v) is 3.31. The normalized spacial score (nSPS) is 12.0. The Morgan fingerprint density at radius 2 is 1.08 bits per heavy atom. The summed E-state index contributed by atoms with van der Waals surface area (Å²) in [5.74, 6) is -16.3. The zero-order valence-electron chi connectivity index (χ0n) is 12.8. The van der Waals surface area contributed by atoms with Crippen LogP contribution in [-0.4, -0.2) is 35.0 Å². The lowest BCUT2D eigenvalue weighted by Gasteiger charge is -2.15. The van der Waals surface area contributed by atoms with E-state index in [-0.39, 0.29) is 9.75 Å². The molecule has 10 heteroatoms. The van der Waals surface area contributed by atoms with Crippen LogP contribution in [0.2, 0.25) is 0 Å². The van der Waals surface area contributed by atoms with Gasteiger partial charge in [0.2, 0.25) is 23.1 Å². The predicted octanol–water partition coefficient (Wildman–Crippen LogP) is 4.06. The summed E-state index contributed by atoms with van der Waals surface area (Å²) < 4.78 is 55.4. The molecule has 26 heavy (non-hydrogen) atoms. The van der Waals surface area contributed by atoms with Gasteiger partial charge in [0.05, 0.1) is 9.75 Å². The van der Waals surface area contributed by atoms with Crippen LogP contribution in [0.3, 0.4) is 0 Å². The van der Waals surface area contributed by atoms with E-state index in [2.05, 4.69) is 0 Å². The van der Waals surface area contributed by atoms with Crippen molar-refractivity contribution in [2.75, 3.05) is 0 Å². The molecule has 0 aliphatic rings. The van der Waals surface area contributed by atoms with Crippen LogP contribution >= 0.6 is 22.7 Å². The zero-order valence-corrected chi connectivity index (χ0v) is 14.5. The van der Waals surface area contributed by atoms with E-state index < -0.39 is 47.8 Å². The Labute approximate surface area is 152 Å². The summed E-state index contributed by atoms with van der Waals surface area (Å²) in [7, 11) is 0. The number of carbonyl (C=O) groups excluding carboxylic acids is 4. The first-order chi connectivity index (χ1) is 12.1. The second-order valence-electron chi connectivity index (χ2n) is 5.11. The molecule has 0 fully saturated rings. The van der Waals surface area contributed by atoms with E-state index in [0.29, 0.717) is 22.7 Å². The van der Waals surface area contributed by atoms with E-state index in [9.17, 15) is 36.7 Å².